The summed E-state index contributed by atoms with van der Waals surface area (Å²) in [5.74, 6) is -0.379. The maximum Gasteiger partial charge on any atom is 0.143 e. The predicted molar refractivity (Wildman–Crippen MR) is 61.3 cm³/mol. The topological polar surface area (TPSA) is 15.6 Å². The first-order valence-corrected chi connectivity index (χ1v) is 5.89. The van der Waals surface area contributed by atoms with Gasteiger partial charge in [-0.1, -0.05) is 11.6 Å². The van der Waals surface area contributed by atoms with Crippen molar-refractivity contribution in [3.8, 4) is 0 Å². The molecular weight excluding hydrogens is 235 g/mol. The van der Waals surface area contributed by atoms with E-state index in [1.54, 1.807) is 12.4 Å². The van der Waals surface area contributed by atoms with Gasteiger partial charge in [-0.2, -0.15) is 0 Å². The van der Waals surface area contributed by atoms with Crippen molar-refractivity contribution in [2.75, 3.05) is 4.90 Å². The Morgan fingerprint density at radius 3 is 3.00 bits per heavy atom. The van der Waals surface area contributed by atoms with E-state index in [1.807, 2.05) is 0 Å². The first kappa shape index (κ1) is 9.48. The van der Waals surface area contributed by atoms with Crippen LogP contribution < -0.4 is 4.90 Å². The molecule has 0 radical (unpaired) electrons. The SMILES string of the molecule is Fc1ccc2c(c1Cl)SN=CN2C1CC1. The quantitative estimate of drug-likeness (QED) is 0.701. The maximum absolute atomic E-state index is 13.2. The lowest BCUT2D eigenvalue weighted by molar-refractivity contribution is 0.624. The van der Waals surface area contributed by atoms with Crippen LogP contribution in [0.3, 0.4) is 0 Å². The van der Waals surface area contributed by atoms with Crippen LogP contribution in [0.1, 0.15) is 12.8 Å². The number of nitrogens with zero attached hydrogens (tertiary/aromatic N) is 2. The molecule has 0 bridgehead atoms. The molecule has 15 heavy (non-hydrogen) atoms. The normalized spacial score (nSPS) is 19.2. The van der Waals surface area contributed by atoms with Crippen LogP contribution >= 0.6 is 23.5 Å². The van der Waals surface area contributed by atoms with Crippen molar-refractivity contribution in [1.29, 1.82) is 0 Å². The second-order valence-corrected chi connectivity index (χ2v) is 4.84. The molecule has 1 aromatic carbocycles. The molecule has 1 fully saturated rings. The van der Waals surface area contributed by atoms with Gasteiger partial charge in [0.15, 0.2) is 0 Å². The van der Waals surface area contributed by atoms with E-state index in [9.17, 15) is 4.39 Å². The van der Waals surface area contributed by atoms with Crippen LogP contribution in [-0.2, 0) is 0 Å². The summed E-state index contributed by atoms with van der Waals surface area (Å²) >= 11 is 7.14. The first-order chi connectivity index (χ1) is 7.27. The summed E-state index contributed by atoms with van der Waals surface area (Å²) in [6.45, 7) is 0. The fourth-order valence-corrected chi connectivity index (χ4v) is 2.61. The molecule has 1 heterocycles. The second-order valence-electron chi connectivity index (χ2n) is 3.66. The Hall–Kier alpha value is -0.740. The third-order valence-corrected chi connectivity index (χ3v) is 3.84. The van der Waals surface area contributed by atoms with Crippen LogP contribution in [0.4, 0.5) is 10.1 Å². The lowest BCUT2D eigenvalue weighted by atomic mass is 10.2. The van der Waals surface area contributed by atoms with Crippen LogP contribution in [0, 0.1) is 5.82 Å². The summed E-state index contributed by atoms with van der Waals surface area (Å²) in [4.78, 5) is 2.81. The van der Waals surface area contributed by atoms with Gasteiger partial charge in [-0.05, 0) is 25.0 Å². The van der Waals surface area contributed by atoms with E-state index in [-0.39, 0.29) is 10.8 Å². The highest BCUT2D eigenvalue weighted by Crippen LogP contribution is 2.44. The zero-order chi connectivity index (χ0) is 10.4. The van der Waals surface area contributed by atoms with E-state index < -0.39 is 0 Å². The number of rotatable bonds is 1. The monoisotopic (exact) mass is 242 g/mol. The third-order valence-electron chi connectivity index (χ3n) is 2.56. The summed E-state index contributed by atoms with van der Waals surface area (Å²) in [7, 11) is 0. The van der Waals surface area contributed by atoms with E-state index in [0.29, 0.717) is 6.04 Å². The van der Waals surface area contributed by atoms with E-state index in [2.05, 4.69) is 9.30 Å². The minimum absolute atomic E-state index is 0.181. The summed E-state index contributed by atoms with van der Waals surface area (Å²) in [5.41, 5.74) is 0.976. The Kier molecular flexibility index (Phi) is 2.14. The molecule has 2 nitrogen and oxygen atoms in total. The van der Waals surface area contributed by atoms with Crippen molar-refractivity contribution in [2.45, 2.75) is 23.8 Å². The predicted octanol–water partition coefficient (Wildman–Crippen LogP) is 3.50. The number of fused-ring (bicyclic) bond motifs is 1. The van der Waals surface area contributed by atoms with Gasteiger partial charge in [0.25, 0.3) is 0 Å². The molecule has 0 aromatic heterocycles. The Labute approximate surface area is 96.3 Å². The molecule has 0 amide bonds. The fourth-order valence-electron chi connectivity index (χ4n) is 1.64. The molecule has 0 saturated heterocycles. The van der Waals surface area contributed by atoms with E-state index in [1.165, 1.54) is 30.9 Å². The summed E-state index contributed by atoms with van der Waals surface area (Å²) < 4.78 is 17.4. The minimum atomic E-state index is -0.379. The molecule has 1 aliphatic carbocycles. The van der Waals surface area contributed by atoms with Gasteiger partial charge in [-0.25, -0.2) is 8.79 Å². The van der Waals surface area contributed by atoms with Crippen molar-refractivity contribution >= 4 is 35.6 Å². The van der Waals surface area contributed by atoms with Crippen molar-refractivity contribution in [3.05, 3.63) is 23.0 Å². The molecule has 3 rings (SSSR count). The Bertz CT molecular complexity index is 445. The van der Waals surface area contributed by atoms with Gasteiger partial charge < -0.3 is 4.90 Å². The van der Waals surface area contributed by atoms with Crippen molar-refractivity contribution in [2.24, 2.45) is 4.40 Å². The number of halogens is 2. The van der Waals surface area contributed by atoms with Gasteiger partial charge in [0, 0.05) is 18.0 Å². The number of benzene rings is 1. The highest BCUT2D eigenvalue weighted by Gasteiger charge is 2.32. The fraction of sp³-hybridized carbons (Fsp3) is 0.300. The number of hydrogen-bond acceptors (Lipinski definition) is 3. The van der Waals surface area contributed by atoms with Crippen LogP contribution in [0.5, 0.6) is 0 Å². The molecule has 1 saturated carbocycles. The smallest absolute Gasteiger partial charge is 0.143 e. The van der Waals surface area contributed by atoms with E-state index in [0.717, 1.165) is 10.6 Å². The van der Waals surface area contributed by atoms with E-state index in [4.69, 9.17) is 11.6 Å². The molecular formula is C10H8ClFN2S. The zero-order valence-corrected chi connectivity index (χ0v) is 9.35. The summed E-state index contributed by atoms with van der Waals surface area (Å²) in [6.07, 6.45) is 4.15. The highest BCUT2D eigenvalue weighted by atomic mass is 35.5. The molecule has 0 unspecified atom stereocenters. The van der Waals surface area contributed by atoms with Gasteiger partial charge in [-0.15, -0.1) is 0 Å². The van der Waals surface area contributed by atoms with Crippen molar-refractivity contribution < 1.29 is 4.39 Å². The third kappa shape index (κ3) is 1.52. The summed E-state index contributed by atoms with van der Waals surface area (Å²) in [5, 5.41) is 0.181. The zero-order valence-electron chi connectivity index (χ0n) is 7.78. The molecule has 5 heteroatoms. The van der Waals surface area contributed by atoms with Gasteiger partial charge in [0.2, 0.25) is 0 Å². The van der Waals surface area contributed by atoms with Gasteiger partial charge in [0.1, 0.15) is 12.2 Å². The molecule has 2 aliphatic rings. The first-order valence-electron chi connectivity index (χ1n) is 4.74. The standard InChI is InChI=1S/C10H8ClFN2S/c11-9-7(12)3-4-8-10(9)15-13-5-14(8)6-1-2-6/h3-6H,1-2H2. The second kappa shape index (κ2) is 3.39. The Balaban J connectivity index is 2.11. The minimum Gasteiger partial charge on any atom is -0.328 e. The van der Waals surface area contributed by atoms with Crippen LogP contribution in [0.2, 0.25) is 5.02 Å². The largest absolute Gasteiger partial charge is 0.328 e. The summed E-state index contributed by atoms with van der Waals surface area (Å²) in [6, 6.07) is 3.71. The van der Waals surface area contributed by atoms with Crippen LogP contribution in [0.15, 0.2) is 21.4 Å². The average molecular weight is 243 g/mol. The van der Waals surface area contributed by atoms with Crippen LogP contribution in [-0.4, -0.2) is 12.4 Å². The Morgan fingerprint density at radius 2 is 2.27 bits per heavy atom. The molecule has 0 N–H and O–H groups in total. The molecule has 0 spiro atoms. The number of hydrogen-bond donors (Lipinski definition) is 0. The van der Waals surface area contributed by atoms with Crippen molar-refractivity contribution in [3.63, 3.8) is 0 Å². The molecule has 1 aliphatic heterocycles. The van der Waals surface area contributed by atoms with Gasteiger partial charge in [-0.3, -0.25) is 0 Å². The van der Waals surface area contributed by atoms with Gasteiger partial charge >= 0.3 is 0 Å². The lowest BCUT2D eigenvalue weighted by Crippen LogP contribution is -2.25. The van der Waals surface area contributed by atoms with Gasteiger partial charge in [0.05, 0.1) is 15.6 Å². The number of anilines is 1. The maximum atomic E-state index is 13.2. The van der Waals surface area contributed by atoms with E-state index >= 15 is 0 Å². The highest BCUT2D eigenvalue weighted by molar-refractivity contribution is 7.98. The Morgan fingerprint density at radius 1 is 1.47 bits per heavy atom. The molecule has 78 valence electrons. The van der Waals surface area contributed by atoms with Crippen LogP contribution in [0.25, 0.3) is 0 Å². The molecule has 0 atom stereocenters. The average Bonchev–Trinajstić information content (AvgIpc) is 3.07. The van der Waals surface area contributed by atoms with Crippen molar-refractivity contribution in [1.82, 2.24) is 0 Å². The lowest BCUT2D eigenvalue weighted by Gasteiger charge is -2.25. The molecule has 1 aromatic rings.